The van der Waals surface area contributed by atoms with Crippen LogP contribution in [0.1, 0.15) is 42.3 Å². The second-order valence-electron chi connectivity index (χ2n) is 9.86. The average Bonchev–Trinajstić information content (AvgIpc) is 3.17. The molecule has 1 aliphatic carbocycles. The molecule has 9 nitrogen and oxygen atoms in total. The Labute approximate surface area is 229 Å². The number of allylic oxidation sites excluding steroid dienone is 2. The molecule has 3 N–H and O–H groups in total. The molecule has 0 saturated carbocycles. The van der Waals surface area contributed by atoms with Gasteiger partial charge in [0.25, 0.3) is 0 Å². The number of carbonyl (C=O) groups is 3. The van der Waals surface area contributed by atoms with Crippen molar-refractivity contribution in [3.05, 3.63) is 64.0 Å². The molecule has 0 radical (unpaired) electrons. The van der Waals surface area contributed by atoms with Crippen LogP contribution in [0, 0.1) is 12.8 Å². The summed E-state index contributed by atoms with van der Waals surface area (Å²) in [5.41, 5.74) is 0.364. The monoisotopic (exact) mass is 547 g/mol. The highest BCUT2D eigenvalue weighted by Gasteiger charge is 2.57. The predicted octanol–water partition coefficient (Wildman–Crippen LogP) is 4.69. The van der Waals surface area contributed by atoms with Crippen molar-refractivity contribution in [1.82, 2.24) is 4.98 Å². The second-order valence-corrected chi connectivity index (χ2v) is 10.3. The highest BCUT2D eigenvalue weighted by atomic mass is 35.5. The number of ketones is 3. The zero-order valence-electron chi connectivity index (χ0n) is 21.8. The zero-order chi connectivity index (χ0) is 28.2. The summed E-state index contributed by atoms with van der Waals surface area (Å²) in [5, 5.41) is 26.2. The number of hydrogen-bond acceptors (Lipinski definition) is 9. The Hall–Kier alpha value is -4.24. The highest BCUT2D eigenvalue weighted by Crippen LogP contribution is 2.57. The van der Waals surface area contributed by atoms with Crippen molar-refractivity contribution in [3.63, 3.8) is 0 Å². The summed E-state index contributed by atoms with van der Waals surface area (Å²) in [6.07, 6.45) is 2.89. The third kappa shape index (κ3) is 4.04. The number of phenolic OH excluding ortho intramolecular Hbond substituents is 2. The molecule has 1 aromatic heterocycles. The van der Waals surface area contributed by atoms with Gasteiger partial charge in [-0.1, -0.05) is 11.6 Å². The number of phenols is 2. The first-order chi connectivity index (χ1) is 18.5. The number of nitrogens with zero attached hydrogens (tertiary/aromatic N) is 2. The maximum absolute atomic E-state index is 13.9. The van der Waals surface area contributed by atoms with E-state index in [2.05, 4.69) is 15.3 Å². The number of hydrogen-bond donors (Lipinski definition) is 3. The Kier molecular flexibility index (Phi) is 6.42. The van der Waals surface area contributed by atoms with E-state index in [4.69, 9.17) is 16.3 Å². The van der Waals surface area contributed by atoms with Crippen LogP contribution in [-0.2, 0) is 15.0 Å². The normalized spacial score (nSPS) is 20.4. The van der Waals surface area contributed by atoms with Crippen molar-refractivity contribution in [2.24, 2.45) is 10.9 Å². The van der Waals surface area contributed by atoms with E-state index in [-0.39, 0.29) is 40.5 Å². The largest absolute Gasteiger partial charge is 0.507 e. The quantitative estimate of drug-likeness (QED) is 0.175. The standard InChI is InChI=1S/C29H26ClN3O6/c1-13-25(36)23(15(3)34)27-24(26(13)37)29(4)21(39-27)12-20(35)22(28(29)38)14(2)31-9-10-33-18-7-8-32-19-11-16(30)5-6-17(18)19/h5-8,11-12,22,36-37H,9-10H2,1-4H3,(H,32,33)/t22?,29-/m0/s1. The Bertz CT molecular complexity index is 1660. The van der Waals surface area contributed by atoms with Gasteiger partial charge in [-0.15, -0.1) is 0 Å². The number of carbonyl (C=O) groups excluding carboxylic acids is 3. The van der Waals surface area contributed by atoms with Crippen LogP contribution in [0.4, 0.5) is 5.69 Å². The Morgan fingerprint density at radius 2 is 1.95 bits per heavy atom. The van der Waals surface area contributed by atoms with Crippen LogP contribution in [0.15, 0.2) is 47.3 Å². The van der Waals surface area contributed by atoms with Gasteiger partial charge in [-0.25, -0.2) is 0 Å². The number of aromatic nitrogens is 1. The van der Waals surface area contributed by atoms with Crippen LogP contribution < -0.4 is 10.1 Å². The van der Waals surface area contributed by atoms with E-state index in [1.165, 1.54) is 19.9 Å². The Morgan fingerprint density at radius 1 is 1.21 bits per heavy atom. The van der Waals surface area contributed by atoms with Gasteiger partial charge in [-0.05, 0) is 52.0 Å². The van der Waals surface area contributed by atoms with Gasteiger partial charge in [-0.2, -0.15) is 0 Å². The highest BCUT2D eigenvalue weighted by molar-refractivity contribution is 6.31. The lowest BCUT2D eigenvalue weighted by molar-refractivity contribution is -0.131. The molecule has 0 amide bonds. The van der Waals surface area contributed by atoms with E-state index >= 15 is 0 Å². The molecule has 5 rings (SSSR count). The summed E-state index contributed by atoms with van der Waals surface area (Å²) >= 11 is 6.06. The van der Waals surface area contributed by atoms with E-state index < -0.39 is 34.4 Å². The smallest absolute Gasteiger partial charge is 0.175 e. The molecule has 39 heavy (non-hydrogen) atoms. The number of rotatable bonds is 6. The lowest BCUT2D eigenvalue weighted by Gasteiger charge is -2.31. The molecule has 200 valence electrons. The van der Waals surface area contributed by atoms with Gasteiger partial charge in [0.1, 0.15) is 39.9 Å². The molecule has 2 atom stereocenters. The first kappa shape index (κ1) is 26.4. The molecule has 0 bridgehead atoms. The van der Waals surface area contributed by atoms with Gasteiger partial charge in [0.2, 0.25) is 0 Å². The minimum atomic E-state index is -1.53. The predicted molar refractivity (Wildman–Crippen MR) is 147 cm³/mol. The van der Waals surface area contributed by atoms with Crippen molar-refractivity contribution in [2.75, 3.05) is 18.4 Å². The molecule has 1 unspecified atom stereocenters. The zero-order valence-corrected chi connectivity index (χ0v) is 22.5. The molecular weight excluding hydrogens is 522 g/mol. The first-order valence-corrected chi connectivity index (χ1v) is 12.7. The van der Waals surface area contributed by atoms with Crippen molar-refractivity contribution in [2.45, 2.75) is 33.1 Å². The van der Waals surface area contributed by atoms with Gasteiger partial charge >= 0.3 is 0 Å². The molecule has 1 aliphatic heterocycles. The van der Waals surface area contributed by atoms with Crippen LogP contribution in [0.25, 0.3) is 10.9 Å². The van der Waals surface area contributed by atoms with Crippen molar-refractivity contribution < 1.29 is 29.3 Å². The maximum atomic E-state index is 13.9. The summed E-state index contributed by atoms with van der Waals surface area (Å²) < 4.78 is 5.80. The fraction of sp³-hybridized carbons (Fsp3) is 0.276. The molecule has 0 fully saturated rings. The molecule has 2 heterocycles. The Balaban J connectivity index is 1.41. The van der Waals surface area contributed by atoms with Crippen LogP contribution >= 0.6 is 11.6 Å². The van der Waals surface area contributed by atoms with E-state index in [0.717, 1.165) is 16.6 Å². The summed E-state index contributed by atoms with van der Waals surface area (Å²) in [5.74, 6) is -3.60. The number of fused-ring (bicyclic) bond motifs is 4. The summed E-state index contributed by atoms with van der Waals surface area (Å²) in [4.78, 5) is 48.1. The van der Waals surface area contributed by atoms with Crippen LogP contribution in [0.5, 0.6) is 17.2 Å². The lowest BCUT2D eigenvalue weighted by atomic mass is 9.67. The molecule has 2 aromatic carbocycles. The average molecular weight is 548 g/mol. The number of halogens is 1. The maximum Gasteiger partial charge on any atom is 0.175 e. The first-order valence-electron chi connectivity index (χ1n) is 12.3. The molecule has 2 aliphatic rings. The second kappa shape index (κ2) is 9.50. The third-order valence-electron chi connectivity index (χ3n) is 7.42. The van der Waals surface area contributed by atoms with Crippen LogP contribution in [0.3, 0.4) is 0 Å². The number of aliphatic imine (C=N–C) groups is 1. The van der Waals surface area contributed by atoms with Crippen LogP contribution in [0.2, 0.25) is 5.02 Å². The number of pyridine rings is 1. The van der Waals surface area contributed by atoms with Gasteiger partial charge < -0.3 is 20.3 Å². The number of aromatic hydroxyl groups is 2. The third-order valence-corrected chi connectivity index (χ3v) is 7.65. The van der Waals surface area contributed by atoms with Crippen molar-refractivity contribution in [1.29, 1.82) is 0 Å². The van der Waals surface area contributed by atoms with Gasteiger partial charge in [0.05, 0.1) is 17.6 Å². The summed E-state index contributed by atoms with van der Waals surface area (Å²) in [7, 11) is 0. The molecule has 0 spiro atoms. The summed E-state index contributed by atoms with van der Waals surface area (Å²) in [6.45, 7) is 6.57. The number of Topliss-reactive ketones (excluding diaryl/α,β-unsaturated/α-hetero) is 2. The fourth-order valence-electron chi connectivity index (χ4n) is 5.29. The van der Waals surface area contributed by atoms with Gasteiger partial charge in [0.15, 0.2) is 17.3 Å². The van der Waals surface area contributed by atoms with E-state index in [1.807, 2.05) is 12.1 Å². The van der Waals surface area contributed by atoms with Crippen LogP contribution in [-0.4, -0.2) is 51.3 Å². The van der Waals surface area contributed by atoms with E-state index in [0.29, 0.717) is 17.3 Å². The number of benzene rings is 2. The molecular formula is C29H26ClN3O6. The van der Waals surface area contributed by atoms with Gasteiger partial charge in [0, 0.05) is 46.2 Å². The van der Waals surface area contributed by atoms with Gasteiger partial charge in [-0.3, -0.25) is 24.4 Å². The Morgan fingerprint density at radius 3 is 2.67 bits per heavy atom. The summed E-state index contributed by atoms with van der Waals surface area (Å²) in [6, 6.07) is 7.28. The van der Waals surface area contributed by atoms with Crippen molar-refractivity contribution in [3.8, 4) is 17.2 Å². The minimum absolute atomic E-state index is 0.00526. The fourth-order valence-corrected chi connectivity index (χ4v) is 5.46. The minimum Gasteiger partial charge on any atom is -0.507 e. The molecule has 10 heteroatoms. The number of ether oxygens (including phenoxy) is 1. The van der Waals surface area contributed by atoms with Crippen molar-refractivity contribution >= 4 is 51.3 Å². The molecule has 0 saturated heterocycles. The van der Waals surface area contributed by atoms with E-state index in [9.17, 15) is 24.6 Å². The lowest BCUT2D eigenvalue weighted by Crippen LogP contribution is -2.47. The number of nitrogens with one attached hydrogen (secondary N) is 1. The van der Waals surface area contributed by atoms with E-state index in [1.54, 1.807) is 32.2 Å². The topological polar surface area (TPSA) is 138 Å². The number of anilines is 1. The molecule has 3 aromatic rings. The SMILES string of the molecule is CC(=O)c1c(O)c(C)c(O)c2c1OC1=CC(=O)C(C(C)=NCCNc3ccnc4cc(Cl)ccc34)C(=O)[C@@]12C.